The van der Waals surface area contributed by atoms with Gasteiger partial charge in [0.2, 0.25) is 0 Å². The topological polar surface area (TPSA) is 20.2 Å². The van der Waals surface area contributed by atoms with E-state index in [1.807, 2.05) is 23.5 Å². The Balaban J connectivity index is 4.42. The molecule has 1 atom stereocenters. The second-order valence-electron chi connectivity index (χ2n) is 3.12. The van der Waals surface area contributed by atoms with Crippen molar-refractivity contribution < 1.29 is 5.11 Å². The van der Waals surface area contributed by atoms with E-state index in [0.29, 0.717) is 12.5 Å². The molecule has 1 unspecified atom stereocenters. The van der Waals surface area contributed by atoms with Crippen LogP contribution >= 0.6 is 23.5 Å². The first-order chi connectivity index (χ1) is 6.16. The van der Waals surface area contributed by atoms with Crippen molar-refractivity contribution in [2.75, 3.05) is 18.1 Å². The number of aliphatic hydroxyl groups is 1. The molecule has 3 heteroatoms. The third-order valence-corrected chi connectivity index (χ3v) is 5.94. The fraction of sp³-hybridized carbons (Fsp3) is 1.00. The second-order valence-corrected chi connectivity index (χ2v) is 6.56. The number of aliphatic hydroxyl groups excluding tert-OH is 1. The molecule has 80 valence electrons. The number of thioether (sulfide) groups is 2. The minimum absolute atomic E-state index is 0.234. The zero-order valence-corrected chi connectivity index (χ0v) is 10.8. The summed E-state index contributed by atoms with van der Waals surface area (Å²) in [5, 5.41) is 9.23. The smallest absolute Gasteiger partial charge is 0.0655 e. The highest BCUT2D eigenvalue weighted by Crippen LogP contribution is 2.45. The molecule has 0 saturated heterocycles. The van der Waals surface area contributed by atoms with Gasteiger partial charge in [-0.15, -0.1) is 23.5 Å². The van der Waals surface area contributed by atoms with Gasteiger partial charge in [0.1, 0.15) is 0 Å². The van der Waals surface area contributed by atoms with Crippen molar-refractivity contribution in [1.29, 1.82) is 0 Å². The second kappa shape index (κ2) is 7.02. The molecule has 0 radical (unpaired) electrons. The van der Waals surface area contributed by atoms with E-state index in [-0.39, 0.29) is 4.08 Å². The van der Waals surface area contributed by atoms with Crippen LogP contribution in [0.2, 0.25) is 0 Å². The summed E-state index contributed by atoms with van der Waals surface area (Å²) in [5.41, 5.74) is 0. The van der Waals surface area contributed by atoms with Gasteiger partial charge in [-0.25, -0.2) is 0 Å². The predicted octanol–water partition coefficient (Wildman–Crippen LogP) is 3.23. The third kappa shape index (κ3) is 3.72. The summed E-state index contributed by atoms with van der Waals surface area (Å²) >= 11 is 3.97. The first-order valence-electron chi connectivity index (χ1n) is 5.05. The molecule has 0 amide bonds. The van der Waals surface area contributed by atoms with Gasteiger partial charge in [-0.2, -0.15) is 0 Å². The minimum atomic E-state index is 0.234. The molecule has 0 aromatic rings. The van der Waals surface area contributed by atoms with Crippen LogP contribution in [0.1, 0.15) is 34.1 Å². The van der Waals surface area contributed by atoms with Crippen molar-refractivity contribution >= 4 is 23.5 Å². The Morgan fingerprint density at radius 2 is 1.62 bits per heavy atom. The summed E-state index contributed by atoms with van der Waals surface area (Å²) in [5.74, 6) is 2.64. The summed E-state index contributed by atoms with van der Waals surface area (Å²) in [4.78, 5) is 0. The monoisotopic (exact) mass is 222 g/mol. The Morgan fingerprint density at radius 1 is 1.15 bits per heavy atom. The quantitative estimate of drug-likeness (QED) is 0.668. The van der Waals surface area contributed by atoms with Gasteiger partial charge in [0.05, 0.1) is 4.08 Å². The van der Waals surface area contributed by atoms with Crippen molar-refractivity contribution in [2.24, 2.45) is 5.92 Å². The van der Waals surface area contributed by atoms with Crippen LogP contribution in [-0.2, 0) is 0 Å². The normalized spacial score (nSPS) is 14.5. The van der Waals surface area contributed by atoms with Gasteiger partial charge in [-0.3, -0.25) is 0 Å². The third-order valence-electron chi connectivity index (χ3n) is 2.29. The number of hydrogen-bond acceptors (Lipinski definition) is 3. The van der Waals surface area contributed by atoms with Crippen molar-refractivity contribution in [1.82, 2.24) is 0 Å². The van der Waals surface area contributed by atoms with E-state index < -0.39 is 0 Å². The van der Waals surface area contributed by atoms with E-state index in [1.165, 1.54) is 0 Å². The number of rotatable bonds is 7. The maximum Gasteiger partial charge on any atom is 0.0655 e. The molecule has 0 rings (SSSR count). The van der Waals surface area contributed by atoms with Crippen LogP contribution in [-0.4, -0.2) is 27.3 Å². The Morgan fingerprint density at radius 3 is 1.85 bits per heavy atom. The largest absolute Gasteiger partial charge is 0.396 e. The highest BCUT2D eigenvalue weighted by atomic mass is 32.2. The molecule has 0 saturated carbocycles. The van der Waals surface area contributed by atoms with Gasteiger partial charge in [0, 0.05) is 12.5 Å². The summed E-state index contributed by atoms with van der Waals surface area (Å²) in [6.07, 6.45) is 1.13. The zero-order chi connectivity index (χ0) is 10.3. The fourth-order valence-electron chi connectivity index (χ4n) is 1.51. The Labute approximate surface area is 91.1 Å². The molecule has 13 heavy (non-hydrogen) atoms. The molecule has 0 aliphatic heterocycles. The lowest BCUT2D eigenvalue weighted by Crippen LogP contribution is -2.31. The van der Waals surface area contributed by atoms with Gasteiger partial charge in [0.25, 0.3) is 0 Å². The molecule has 0 fully saturated rings. The Kier molecular flexibility index (Phi) is 7.37. The average molecular weight is 222 g/mol. The van der Waals surface area contributed by atoms with Crippen molar-refractivity contribution in [3.05, 3.63) is 0 Å². The molecule has 1 N–H and O–H groups in total. The van der Waals surface area contributed by atoms with E-state index >= 15 is 0 Å². The van der Waals surface area contributed by atoms with Crippen LogP contribution in [0.25, 0.3) is 0 Å². The lowest BCUT2D eigenvalue weighted by atomic mass is 10.1. The highest BCUT2D eigenvalue weighted by Gasteiger charge is 2.33. The van der Waals surface area contributed by atoms with Crippen LogP contribution in [0.4, 0.5) is 0 Å². The van der Waals surface area contributed by atoms with Gasteiger partial charge >= 0.3 is 0 Å². The van der Waals surface area contributed by atoms with E-state index in [2.05, 4.69) is 27.7 Å². The van der Waals surface area contributed by atoms with Crippen LogP contribution in [0.15, 0.2) is 0 Å². The molecule has 0 bridgehead atoms. The maximum atomic E-state index is 9.23. The van der Waals surface area contributed by atoms with Crippen molar-refractivity contribution in [3.8, 4) is 0 Å². The van der Waals surface area contributed by atoms with Gasteiger partial charge < -0.3 is 5.11 Å². The Bertz CT molecular complexity index is 122. The minimum Gasteiger partial charge on any atom is -0.396 e. The Hall–Kier alpha value is 0.660. The van der Waals surface area contributed by atoms with E-state index in [0.717, 1.165) is 17.9 Å². The molecular weight excluding hydrogens is 200 g/mol. The summed E-state index contributed by atoms with van der Waals surface area (Å²) < 4.78 is 0.234. The SMILES string of the molecule is CCSC(CC)(SCC)C(C)CO. The van der Waals surface area contributed by atoms with Crippen LogP contribution in [0.3, 0.4) is 0 Å². The van der Waals surface area contributed by atoms with Gasteiger partial charge in [-0.1, -0.05) is 27.7 Å². The van der Waals surface area contributed by atoms with Crippen LogP contribution in [0.5, 0.6) is 0 Å². The lowest BCUT2D eigenvalue weighted by molar-refractivity contribution is 0.226. The van der Waals surface area contributed by atoms with E-state index in [9.17, 15) is 5.11 Å². The molecule has 0 heterocycles. The molecule has 0 spiro atoms. The first kappa shape index (κ1) is 13.7. The zero-order valence-electron chi connectivity index (χ0n) is 9.17. The summed E-state index contributed by atoms with van der Waals surface area (Å²) in [7, 11) is 0. The first-order valence-corrected chi connectivity index (χ1v) is 7.02. The number of hydrogen-bond donors (Lipinski definition) is 1. The lowest BCUT2D eigenvalue weighted by Gasteiger charge is -2.36. The van der Waals surface area contributed by atoms with Crippen molar-refractivity contribution in [3.63, 3.8) is 0 Å². The van der Waals surface area contributed by atoms with E-state index in [4.69, 9.17) is 0 Å². The average Bonchev–Trinajstić information content (AvgIpc) is 2.16. The van der Waals surface area contributed by atoms with Crippen LogP contribution < -0.4 is 0 Å². The molecule has 1 nitrogen and oxygen atoms in total. The standard InChI is InChI=1S/C10H22OS2/c1-5-10(12-6-2,13-7-3)9(4)8-11/h9,11H,5-8H2,1-4H3. The molecule has 0 aromatic carbocycles. The highest BCUT2D eigenvalue weighted by molar-refractivity contribution is 8.18. The van der Waals surface area contributed by atoms with Crippen LogP contribution in [0, 0.1) is 5.92 Å². The maximum absolute atomic E-state index is 9.23. The van der Waals surface area contributed by atoms with Gasteiger partial charge in [0.15, 0.2) is 0 Å². The molecular formula is C10H22OS2. The predicted molar refractivity (Wildman–Crippen MR) is 65.5 cm³/mol. The van der Waals surface area contributed by atoms with E-state index in [1.54, 1.807) is 0 Å². The van der Waals surface area contributed by atoms with Gasteiger partial charge in [-0.05, 0) is 17.9 Å². The summed E-state index contributed by atoms with van der Waals surface area (Å²) in [6.45, 7) is 9.05. The molecule has 0 aromatic heterocycles. The molecule has 0 aliphatic rings. The molecule has 0 aliphatic carbocycles. The van der Waals surface area contributed by atoms with Crippen molar-refractivity contribution in [2.45, 2.75) is 38.2 Å². The summed E-state index contributed by atoms with van der Waals surface area (Å²) in [6, 6.07) is 0. The fourth-order valence-corrected chi connectivity index (χ4v) is 4.65.